The molecule has 5 nitrogen and oxygen atoms in total. The van der Waals surface area contributed by atoms with Crippen molar-refractivity contribution < 1.29 is 14.3 Å². The van der Waals surface area contributed by atoms with E-state index in [0.29, 0.717) is 27.8 Å². The molecular formula is C15H15ClN2O3. The zero-order chi connectivity index (χ0) is 15.4. The van der Waals surface area contributed by atoms with E-state index in [1.54, 1.807) is 36.4 Å². The summed E-state index contributed by atoms with van der Waals surface area (Å²) in [4.78, 5) is 12.3. The highest BCUT2D eigenvalue weighted by molar-refractivity contribution is 6.34. The largest absolute Gasteiger partial charge is 0.497 e. The van der Waals surface area contributed by atoms with Crippen LogP contribution in [-0.2, 0) is 0 Å². The number of ether oxygens (including phenoxy) is 2. The summed E-state index contributed by atoms with van der Waals surface area (Å²) >= 11 is 5.91. The van der Waals surface area contributed by atoms with E-state index in [4.69, 9.17) is 26.8 Å². The number of halogens is 1. The highest BCUT2D eigenvalue weighted by atomic mass is 35.5. The molecule has 110 valence electrons. The summed E-state index contributed by atoms with van der Waals surface area (Å²) in [5, 5.41) is 3.08. The van der Waals surface area contributed by atoms with Crippen LogP contribution in [0.25, 0.3) is 0 Å². The molecule has 2 rings (SSSR count). The maximum Gasteiger partial charge on any atom is 0.257 e. The monoisotopic (exact) mass is 306 g/mol. The van der Waals surface area contributed by atoms with Gasteiger partial charge in [-0.2, -0.15) is 0 Å². The van der Waals surface area contributed by atoms with E-state index in [1.807, 2.05) is 0 Å². The van der Waals surface area contributed by atoms with E-state index in [2.05, 4.69) is 5.32 Å². The molecule has 0 saturated heterocycles. The van der Waals surface area contributed by atoms with Gasteiger partial charge in [-0.1, -0.05) is 17.7 Å². The SMILES string of the molecule is COc1cc(NC(=O)c2cccc(Cl)c2N)cc(OC)c1. The van der Waals surface area contributed by atoms with Gasteiger partial charge in [0.05, 0.1) is 30.5 Å². The molecule has 0 saturated carbocycles. The topological polar surface area (TPSA) is 73.6 Å². The first-order valence-corrected chi connectivity index (χ1v) is 6.51. The van der Waals surface area contributed by atoms with Crippen molar-refractivity contribution in [3.05, 3.63) is 47.0 Å². The van der Waals surface area contributed by atoms with E-state index >= 15 is 0 Å². The van der Waals surface area contributed by atoms with E-state index in [-0.39, 0.29) is 11.6 Å². The minimum absolute atomic E-state index is 0.242. The second-order valence-corrected chi connectivity index (χ2v) is 4.66. The Balaban J connectivity index is 2.29. The maximum absolute atomic E-state index is 12.3. The third-order valence-corrected chi connectivity index (χ3v) is 3.24. The molecule has 0 bridgehead atoms. The molecule has 0 unspecified atom stereocenters. The normalized spacial score (nSPS) is 10.0. The molecule has 2 aromatic carbocycles. The fraction of sp³-hybridized carbons (Fsp3) is 0.133. The molecule has 0 spiro atoms. The number of benzene rings is 2. The summed E-state index contributed by atoms with van der Waals surface area (Å²) in [5.74, 6) is 0.790. The fourth-order valence-electron chi connectivity index (χ4n) is 1.81. The summed E-state index contributed by atoms with van der Waals surface area (Å²) in [5.41, 5.74) is 6.90. The van der Waals surface area contributed by atoms with Gasteiger partial charge in [-0.05, 0) is 12.1 Å². The molecule has 21 heavy (non-hydrogen) atoms. The highest BCUT2D eigenvalue weighted by Crippen LogP contribution is 2.27. The minimum atomic E-state index is -0.356. The van der Waals surface area contributed by atoms with Gasteiger partial charge in [-0.15, -0.1) is 0 Å². The van der Waals surface area contributed by atoms with Crippen LogP contribution in [0.3, 0.4) is 0 Å². The van der Waals surface area contributed by atoms with E-state index in [9.17, 15) is 4.79 Å². The zero-order valence-corrected chi connectivity index (χ0v) is 12.4. The summed E-state index contributed by atoms with van der Waals surface area (Å²) in [6.07, 6.45) is 0. The van der Waals surface area contributed by atoms with Crippen LogP contribution < -0.4 is 20.5 Å². The van der Waals surface area contributed by atoms with E-state index < -0.39 is 0 Å². The number of para-hydroxylation sites is 1. The summed E-state index contributed by atoms with van der Waals surface area (Å²) in [6, 6.07) is 9.97. The van der Waals surface area contributed by atoms with Crippen molar-refractivity contribution in [2.75, 3.05) is 25.3 Å². The quantitative estimate of drug-likeness (QED) is 0.851. The molecule has 0 aliphatic carbocycles. The van der Waals surface area contributed by atoms with Crippen molar-refractivity contribution in [3.63, 3.8) is 0 Å². The summed E-state index contributed by atoms with van der Waals surface area (Å²) < 4.78 is 10.3. The Bertz CT molecular complexity index is 652. The number of carbonyl (C=O) groups is 1. The van der Waals surface area contributed by atoms with Crippen LogP contribution in [0.15, 0.2) is 36.4 Å². The van der Waals surface area contributed by atoms with Crippen LogP contribution in [0.1, 0.15) is 10.4 Å². The van der Waals surface area contributed by atoms with Crippen molar-refractivity contribution in [1.29, 1.82) is 0 Å². The molecule has 6 heteroatoms. The Morgan fingerprint density at radius 2 is 1.76 bits per heavy atom. The van der Waals surface area contributed by atoms with Gasteiger partial charge in [0.2, 0.25) is 0 Å². The lowest BCUT2D eigenvalue weighted by Gasteiger charge is -2.11. The van der Waals surface area contributed by atoms with Gasteiger partial charge in [0.1, 0.15) is 11.5 Å². The third-order valence-electron chi connectivity index (χ3n) is 2.91. The molecular weight excluding hydrogens is 292 g/mol. The Labute approximate surface area is 127 Å². The minimum Gasteiger partial charge on any atom is -0.497 e. The van der Waals surface area contributed by atoms with Crippen molar-refractivity contribution in [1.82, 2.24) is 0 Å². The van der Waals surface area contributed by atoms with Crippen LogP contribution in [0.4, 0.5) is 11.4 Å². The van der Waals surface area contributed by atoms with E-state index in [1.165, 1.54) is 14.2 Å². The average molecular weight is 307 g/mol. The molecule has 0 radical (unpaired) electrons. The predicted octanol–water partition coefficient (Wildman–Crippen LogP) is 3.19. The summed E-state index contributed by atoms with van der Waals surface area (Å²) in [6.45, 7) is 0. The summed E-state index contributed by atoms with van der Waals surface area (Å²) in [7, 11) is 3.07. The van der Waals surface area contributed by atoms with Crippen molar-refractivity contribution in [3.8, 4) is 11.5 Å². The van der Waals surface area contributed by atoms with Gasteiger partial charge >= 0.3 is 0 Å². The molecule has 0 atom stereocenters. The number of hydrogen-bond donors (Lipinski definition) is 2. The first-order chi connectivity index (χ1) is 10.0. The van der Waals surface area contributed by atoms with Crippen LogP contribution >= 0.6 is 11.6 Å². The Morgan fingerprint density at radius 1 is 1.14 bits per heavy atom. The van der Waals surface area contributed by atoms with Crippen molar-refractivity contribution in [2.24, 2.45) is 0 Å². The molecule has 0 heterocycles. The Morgan fingerprint density at radius 3 is 2.33 bits per heavy atom. The van der Waals surface area contributed by atoms with Crippen LogP contribution in [0.2, 0.25) is 5.02 Å². The Kier molecular flexibility index (Phi) is 4.55. The molecule has 2 aromatic rings. The van der Waals surface area contributed by atoms with Gasteiger partial charge in [-0.25, -0.2) is 0 Å². The first kappa shape index (κ1) is 15.0. The lowest BCUT2D eigenvalue weighted by atomic mass is 10.1. The van der Waals surface area contributed by atoms with Gasteiger partial charge in [-0.3, -0.25) is 4.79 Å². The average Bonchev–Trinajstić information content (AvgIpc) is 2.49. The number of hydrogen-bond acceptors (Lipinski definition) is 4. The standard InChI is InChI=1S/C15H15ClN2O3/c1-20-10-6-9(7-11(8-10)21-2)18-15(19)12-4-3-5-13(16)14(12)17/h3-8H,17H2,1-2H3,(H,18,19). The third kappa shape index (κ3) is 3.38. The molecule has 0 fully saturated rings. The lowest BCUT2D eigenvalue weighted by molar-refractivity contribution is 0.102. The van der Waals surface area contributed by atoms with E-state index in [0.717, 1.165) is 0 Å². The predicted molar refractivity (Wildman–Crippen MR) is 83.4 cm³/mol. The molecule has 0 aliphatic heterocycles. The second kappa shape index (κ2) is 6.37. The van der Waals surface area contributed by atoms with Gasteiger partial charge in [0.15, 0.2) is 0 Å². The number of nitrogens with one attached hydrogen (secondary N) is 1. The van der Waals surface area contributed by atoms with Crippen molar-refractivity contribution >= 4 is 28.9 Å². The number of amides is 1. The number of rotatable bonds is 4. The molecule has 0 aliphatic rings. The zero-order valence-electron chi connectivity index (χ0n) is 11.6. The van der Waals surface area contributed by atoms with Gasteiger partial charge < -0.3 is 20.5 Å². The lowest BCUT2D eigenvalue weighted by Crippen LogP contribution is -2.14. The number of nitrogen functional groups attached to an aromatic ring is 1. The number of nitrogens with two attached hydrogens (primary N) is 1. The number of anilines is 2. The highest BCUT2D eigenvalue weighted by Gasteiger charge is 2.13. The smallest absolute Gasteiger partial charge is 0.257 e. The number of carbonyl (C=O) groups excluding carboxylic acids is 1. The van der Waals surface area contributed by atoms with Crippen LogP contribution in [-0.4, -0.2) is 20.1 Å². The first-order valence-electron chi connectivity index (χ1n) is 6.13. The molecule has 3 N–H and O–H groups in total. The molecule has 1 amide bonds. The fourth-order valence-corrected chi connectivity index (χ4v) is 1.99. The molecule has 0 aromatic heterocycles. The van der Waals surface area contributed by atoms with Crippen molar-refractivity contribution in [2.45, 2.75) is 0 Å². The van der Waals surface area contributed by atoms with Gasteiger partial charge in [0, 0.05) is 23.9 Å². The second-order valence-electron chi connectivity index (χ2n) is 4.26. The number of methoxy groups -OCH3 is 2. The van der Waals surface area contributed by atoms with Crippen LogP contribution in [0.5, 0.6) is 11.5 Å². The van der Waals surface area contributed by atoms with Gasteiger partial charge in [0.25, 0.3) is 5.91 Å². The maximum atomic E-state index is 12.3. The van der Waals surface area contributed by atoms with Crippen LogP contribution in [0, 0.1) is 0 Å². The Hall–Kier alpha value is -2.40.